The number of nitrogens with zero attached hydrogens (tertiary/aromatic N) is 4. The van der Waals surface area contributed by atoms with Gasteiger partial charge in [-0.15, -0.1) is 0 Å². The van der Waals surface area contributed by atoms with Crippen molar-refractivity contribution >= 4 is 26.9 Å². The lowest BCUT2D eigenvalue weighted by Crippen LogP contribution is -2.32. The van der Waals surface area contributed by atoms with Crippen molar-refractivity contribution in [3.05, 3.63) is 40.7 Å². The molecule has 0 unspecified atom stereocenters. The Morgan fingerprint density at radius 1 is 1.17 bits per heavy atom. The van der Waals surface area contributed by atoms with Crippen LogP contribution in [0.4, 0.5) is 30.2 Å². The Morgan fingerprint density at radius 3 is 2.50 bits per heavy atom. The minimum absolute atomic E-state index is 0.142. The van der Waals surface area contributed by atoms with Gasteiger partial charge in [0, 0.05) is 18.8 Å². The molecule has 13 heteroatoms. The van der Waals surface area contributed by atoms with E-state index in [4.69, 9.17) is 0 Å². The van der Waals surface area contributed by atoms with E-state index in [9.17, 15) is 31.7 Å². The highest BCUT2D eigenvalue weighted by atomic mass is 32.2. The van der Waals surface area contributed by atoms with Crippen LogP contribution in [-0.4, -0.2) is 53.2 Å². The molecule has 0 spiro atoms. The molecule has 1 N–H and O–H groups in total. The first-order valence-corrected chi connectivity index (χ1v) is 10.7. The van der Waals surface area contributed by atoms with Crippen LogP contribution in [-0.2, 0) is 16.4 Å². The summed E-state index contributed by atoms with van der Waals surface area (Å²) in [6, 6.07) is 2.01. The first kappa shape index (κ1) is 22.0. The zero-order chi connectivity index (χ0) is 21.9. The number of sulfone groups is 1. The molecule has 1 fully saturated rings. The number of alkyl halides is 3. The summed E-state index contributed by atoms with van der Waals surface area (Å²) in [6.45, 7) is 3.50. The average Bonchev–Trinajstić information content (AvgIpc) is 3.13. The molecule has 0 atom stereocenters. The third-order valence-electron chi connectivity index (χ3n) is 4.79. The predicted molar refractivity (Wildman–Crippen MR) is 102 cm³/mol. The highest BCUT2D eigenvalue weighted by molar-refractivity contribution is 7.92. The molecule has 1 aromatic heterocycles. The Bertz CT molecular complexity index is 1020. The van der Waals surface area contributed by atoms with Crippen LogP contribution in [0, 0.1) is 10.1 Å². The summed E-state index contributed by atoms with van der Waals surface area (Å²) in [6.07, 6.45) is 6.60. The second-order valence-corrected chi connectivity index (χ2v) is 8.85. The van der Waals surface area contributed by atoms with Gasteiger partial charge in [-0.05, 0) is 38.1 Å². The SMILES string of the molecule is O=[N+]([O-])c1cc(S(=O)(=O)C(F)(F)F)ccc1Nc1cnn(CCN2CCCCC2)c1. The largest absolute Gasteiger partial charge is 0.501 e. The molecule has 1 aliphatic heterocycles. The number of aromatic nitrogens is 2. The number of hydrogen-bond donors (Lipinski definition) is 1. The van der Waals surface area contributed by atoms with E-state index >= 15 is 0 Å². The summed E-state index contributed by atoms with van der Waals surface area (Å²) in [5.74, 6) is 0. The summed E-state index contributed by atoms with van der Waals surface area (Å²) in [4.78, 5) is 11.5. The number of benzene rings is 1. The van der Waals surface area contributed by atoms with Crippen LogP contribution in [0.1, 0.15) is 19.3 Å². The lowest BCUT2D eigenvalue weighted by atomic mass is 10.1. The van der Waals surface area contributed by atoms with Crippen LogP contribution in [0.25, 0.3) is 0 Å². The molecular formula is C17H20F3N5O4S. The maximum atomic E-state index is 12.7. The zero-order valence-corrected chi connectivity index (χ0v) is 16.6. The smallest absolute Gasteiger partial charge is 0.347 e. The molecular weight excluding hydrogens is 427 g/mol. The maximum Gasteiger partial charge on any atom is 0.501 e. The van der Waals surface area contributed by atoms with Crippen LogP contribution in [0.3, 0.4) is 0 Å². The van der Waals surface area contributed by atoms with E-state index in [2.05, 4.69) is 15.3 Å². The number of rotatable bonds is 7. The van der Waals surface area contributed by atoms with Crippen LogP contribution < -0.4 is 5.32 Å². The summed E-state index contributed by atoms with van der Waals surface area (Å²) in [5, 5.41) is 18.2. The fourth-order valence-corrected chi connectivity index (χ4v) is 3.98. The molecule has 1 saturated heterocycles. The fraction of sp³-hybridized carbons (Fsp3) is 0.471. The van der Waals surface area contributed by atoms with E-state index < -0.39 is 30.9 Å². The fourth-order valence-electron chi connectivity index (χ4n) is 3.20. The number of nitro groups is 1. The van der Waals surface area contributed by atoms with Gasteiger partial charge in [-0.1, -0.05) is 6.42 Å². The molecule has 0 amide bonds. The molecule has 0 radical (unpaired) electrons. The van der Waals surface area contributed by atoms with Gasteiger partial charge in [0.05, 0.1) is 28.2 Å². The van der Waals surface area contributed by atoms with Crippen LogP contribution >= 0.6 is 0 Å². The Hall–Kier alpha value is -2.67. The number of likely N-dealkylation sites (tertiary alicyclic amines) is 1. The minimum Gasteiger partial charge on any atom is -0.347 e. The molecule has 2 heterocycles. The van der Waals surface area contributed by atoms with Crippen molar-refractivity contribution in [1.29, 1.82) is 0 Å². The Morgan fingerprint density at radius 2 is 1.87 bits per heavy atom. The van der Waals surface area contributed by atoms with Gasteiger partial charge < -0.3 is 10.2 Å². The summed E-state index contributed by atoms with van der Waals surface area (Å²) >= 11 is 0. The topological polar surface area (TPSA) is 110 Å². The molecule has 0 aliphatic carbocycles. The van der Waals surface area contributed by atoms with Gasteiger partial charge in [0.1, 0.15) is 5.69 Å². The van der Waals surface area contributed by atoms with E-state index in [1.165, 1.54) is 12.6 Å². The highest BCUT2D eigenvalue weighted by Crippen LogP contribution is 2.35. The third kappa shape index (κ3) is 4.90. The number of nitro benzene ring substituents is 1. The van der Waals surface area contributed by atoms with Gasteiger partial charge in [-0.25, -0.2) is 8.42 Å². The maximum absolute atomic E-state index is 12.7. The normalized spacial score (nSPS) is 15.8. The summed E-state index contributed by atoms with van der Waals surface area (Å²) in [7, 11) is -5.69. The summed E-state index contributed by atoms with van der Waals surface area (Å²) < 4.78 is 62.9. The van der Waals surface area contributed by atoms with Gasteiger partial charge in [0.15, 0.2) is 0 Å². The van der Waals surface area contributed by atoms with Crippen molar-refractivity contribution < 1.29 is 26.5 Å². The number of hydrogen-bond acceptors (Lipinski definition) is 7. The van der Waals surface area contributed by atoms with Gasteiger partial charge in [-0.3, -0.25) is 14.8 Å². The van der Waals surface area contributed by atoms with Gasteiger partial charge in [0.2, 0.25) is 0 Å². The molecule has 9 nitrogen and oxygen atoms in total. The first-order valence-electron chi connectivity index (χ1n) is 9.19. The van der Waals surface area contributed by atoms with Gasteiger partial charge in [0.25, 0.3) is 15.5 Å². The molecule has 2 aromatic rings. The zero-order valence-electron chi connectivity index (χ0n) is 15.8. The minimum atomic E-state index is -5.69. The van der Waals surface area contributed by atoms with E-state index in [0.29, 0.717) is 24.4 Å². The lowest BCUT2D eigenvalue weighted by molar-refractivity contribution is -0.384. The predicted octanol–water partition coefficient (Wildman–Crippen LogP) is 3.31. The first-order chi connectivity index (χ1) is 14.1. The van der Waals surface area contributed by atoms with E-state index in [1.807, 2.05) is 0 Å². The van der Waals surface area contributed by atoms with Crippen molar-refractivity contribution in [2.45, 2.75) is 36.2 Å². The third-order valence-corrected chi connectivity index (χ3v) is 6.27. The monoisotopic (exact) mass is 447 g/mol. The van der Waals surface area contributed by atoms with E-state index in [1.54, 1.807) is 10.9 Å². The number of anilines is 2. The Labute approximate surface area is 170 Å². The number of nitrogens with one attached hydrogen (secondary N) is 1. The standard InChI is InChI=1S/C17H20F3N5O4S/c18-17(19,20)30(28,29)14-4-5-15(16(10-14)25(26)27)22-13-11-21-24(12-13)9-8-23-6-2-1-3-7-23/h4-5,10-12,22H,1-3,6-9H2. The molecule has 3 rings (SSSR count). The van der Waals surface area contributed by atoms with Crippen molar-refractivity contribution in [2.75, 3.05) is 25.0 Å². The van der Waals surface area contributed by atoms with Crippen LogP contribution in [0.2, 0.25) is 0 Å². The molecule has 0 bridgehead atoms. The molecule has 1 aromatic carbocycles. The van der Waals surface area contributed by atoms with Crippen LogP contribution in [0.5, 0.6) is 0 Å². The second kappa shape index (κ2) is 8.60. The van der Waals surface area contributed by atoms with Crippen molar-refractivity contribution in [3.8, 4) is 0 Å². The highest BCUT2D eigenvalue weighted by Gasteiger charge is 2.47. The molecule has 30 heavy (non-hydrogen) atoms. The van der Waals surface area contributed by atoms with Gasteiger partial charge >= 0.3 is 5.51 Å². The number of piperidine rings is 1. The lowest BCUT2D eigenvalue weighted by Gasteiger charge is -2.26. The molecule has 0 saturated carbocycles. The quantitative estimate of drug-likeness (QED) is 0.512. The van der Waals surface area contributed by atoms with Crippen molar-refractivity contribution in [2.24, 2.45) is 0 Å². The molecule has 164 valence electrons. The van der Waals surface area contributed by atoms with E-state index in [-0.39, 0.29) is 5.69 Å². The Kier molecular flexibility index (Phi) is 6.31. The number of halogens is 3. The van der Waals surface area contributed by atoms with E-state index in [0.717, 1.165) is 38.5 Å². The van der Waals surface area contributed by atoms with Crippen LogP contribution in [0.15, 0.2) is 35.5 Å². The van der Waals surface area contributed by atoms with Gasteiger partial charge in [-0.2, -0.15) is 18.3 Å². The molecule has 1 aliphatic rings. The second-order valence-electron chi connectivity index (χ2n) is 6.90. The summed E-state index contributed by atoms with van der Waals surface area (Å²) in [5.41, 5.74) is -6.09. The Balaban J connectivity index is 1.75. The average molecular weight is 447 g/mol. The van der Waals surface area contributed by atoms with Crippen molar-refractivity contribution in [3.63, 3.8) is 0 Å². The van der Waals surface area contributed by atoms with Crippen molar-refractivity contribution in [1.82, 2.24) is 14.7 Å².